The topological polar surface area (TPSA) is 154 Å². The van der Waals surface area contributed by atoms with Crippen LogP contribution in [-0.2, 0) is 36.9 Å². The Bertz CT molecular complexity index is 1930. The Hall–Kier alpha value is -5.18. The van der Waals surface area contributed by atoms with Crippen molar-refractivity contribution in [3.63, 3.8) is 0 Å². The number of ether oxygens (including phenoxy) is 2. The third-order valence-electron chi connectivity index (χ3n) is 7.53. The van der Waals surface area contributed by atoms with E-state index in [0.29, 0.717) is 0 Å². The lowest BCUT2D eigenvalue weighted by Gasteiger charge is -2.35. The van der Waals surface area contributed by atoms with Gasteiger partial charge in [0.05, 0.1) is 0 Å². The van der Waals surface area contributed by atoms with Gasteiger partial charge in [-0.2, -0.15) is 105 Å². The van der Waals surface area contributed by atoms with Crippen molar-refractivity contribution in [1.29, 1.82) is 0 Å². The van der Waals surface area contributed by atoms with E-state index in [4.69, 9.17) is 15.3 Å². The molecule has 2 rings (SSSR count). The van der Waals surface area contributed by atoms with Crippen LogP contribution in [0.2, 0.25) is 0 Å². The molecular formula is C30H16F24O9. The number of benzene rings is 2. The molecule has 2 aromatic rings. The molecule has 0 heterocycles. The van der Waals surface area contributed by atoms with Crippen LogP contribution in [0.25, 0.3) is 0 Å². The van der Waals surface area contributed by atoms with Gasteiger partial charge in [-0.15, -0.1) is 0 Å². The van der Waals surface area contributed by atoms with Gasteiger partial charge < -0.3 is 35.0 Å². The predicted octanol–water partition coefficient (Wildman–Crippen LogP) is 8.48. The van der Waals surface area contributed by atoms with Crippen molar-refractivity contribution in [2.24, 2.45) is 0 Å². The SMILES string of the molecule is C=CC(=O)Oc1cc(C(O)(OC(=O)C(=C)C(F)(F)F)C(F)(F)F)cc(C(O)(C(F)(F)F)C(F)(F)F)c1.Oc1cc(C(O)(C(F)(F)F)C(F)(F)F)cc(C(O)(C(F)(F)F)C(F)(F)F)c1. The standard InChI is InChI=1S/C18H10F12O6.C12H6F12O3/c1-3-11(31)35-10-5-8(13(33,16(22,23)24)17(25,26)27)4-9(6-10)14(34,18(28,29)30)36-12(32)7(2)15(19,20)21;13-9(14,15)7(26,10(16,17)18)4-1-5(3-6(25)2-4)8(27,11(19,20)21)12(22,23)24/h3-6,33-34H,1-2H2;1-3,25-27H. The first-order valence-corrected chi connectivity index (χ1v) is 14.6. The quantitative estimate of drug-likeness (QED) is 0.0577. The van der Waals surface area contributed by atoms with E-state index in [2.05, 4.69) is 22.6 Å². The number of halogens is 24. The van der Waals surface area contributed by atoms with Gasteiger partial charge >= 0.3 is 67.1 Å². The number of phenols is 1. The second kappa shape index (κ2) is 16.7. The number of esters is 2. The van der Waals surface area contributed by atoms with Crippen LogP contribution in [0.4, 0.5) is 105 Å². The Morgan fingerprint density at radius 3 is 1.03 bits per heavy atom. The number of carbonyl (C=O) groups is 2. The fourth-order valence-corrected chi connectivity index (χ4v) is 4.31. The van der Waals surface area contributed by atoms with E-state index in [1.807, 2.05) is 0 Å². The van der Waals surface area contributed by atoms with E-state index in [1.54, 1.807) is 0 Å². The summed E-state index contributed by atoms with van der Waals surface area (Å²) in [5.74, 6) is -13.7. The summed E-state index contributed by atoms with van der Waals surface area (Å²) < 4.78 is 319. The third kappa shape index (κ3) is 10.6. The molecule has 0 fully saturated rings. The smallest absolute Gasteiger partial charge is 0.460 e. The number of aliphatic hydroxyl groups is 4. The van der Waals surface area contributed by atoms with Crippen molar-refractivity contribution in [3.8, 4) is 11.5 Å². The molecule has 0 saturated carbocycles. The first-order valence-electron chi connectivity index (χ1n) is 14.6. The molecule has 0 bridgehead atoms. The molecule has 0 spiro atoms. The Morgan fingerprint density at radius 2 is 0.762 bits per heavy atom. The summed E-state index contributed by atoms with van der Waals surface area (Å²) in [7, 11) is 0. The molecule has 2 aromatic carbocycles. The van der Waals surface area contributed by atoms with E-state index >= 15 is 0 Å². The van der Waals surface area contributed by atoms with Crippen LogP contribution < -0.4 is 4.74 Å². The summed E-state index contributed by atoms with van der Waals surface area (Å²) in [5, 5.41) is 46.7. The van der Waals surface area contributed by atoms with Gasteiger partial charge in [0.25, 0.3) is 16.8 Å². The van der Waals surface area contributed by atoms with Crippen molar-refractivity contribution >= 4 is 11.9 Å². The number of hydrogen-bond donors (Lipinski definition) is 5. The zero-order chi connectivity index (χ0) is 50.6. The largest absolute Gasteiger partial charge is 0.508 e. The molecule has 0 aliphatic rings. The summed E-state index contributed by atoms with van der Waals surface area (Å²) in [5.41, 5.74) is -30.7. The third-order valence-corrected chi connectivity index (χ3v) is 7.53. The highest BCUT2D eigenvalue weighted by molar-refractivity contribution is 5.89. The Morgan fingerprint density at radius 1 is 0.476 bits per heavy atom. The first-order chi connectivity index (χ1) is 27.4. The maximum Gasteiger partial charge on any atom is 0.460 e. The van der Waals surface area contributed by atoms with Gasteiger partial charge in [-0.05, 0) is 36.4 Å². The van der Waals surface area contributed by atoms with Gasteiger partial charge in [-0.3, -0.25) is 0 Å². The van der Waals surface area contributed by atoms with Crippen LogP contribution in [0.1, 0.15) is 22.3 Å². The minimum atomic E-state index is -6.72. The number of alkyl halides is 24. The van der Waals surface area contributed by atoms with Gasteiger partial charge in [-0.25, -0.2) is 9.59 Å². The number of rotatable bonds is 8. The number of hydrogen-bond acceptors (Lipinski definition) is 9. The molecule has 5 N–H and O–H groups in total. The highest BCUT2D eigenvalue weighted by Gasteiger charge is 2.75. The van der Waals surface area contributed by atoms with E-state index in [1.165, 1.54) is 0 Å². The molecule has 1 unspecified atom stereocenters. The van der Waals surface area contributed by atoms with E-state index in [9.17, 15) is 125 Å². The monoisotopic (exact) mass is 976 g/mol. The molecular weight excluding hydrogens is 960 g/mol. The fraction of sp³-hybridized carbons (Fsp3) is 0.400. The van der Waals surface area contributed by atoms with Crippen LogP contribution in [0.15, 0.2) is 61.2 Å². The molecule has 0 aliphatic carbocycles. The number of aromatic hydroxyl groups is 1. The molecule has 0 saturated heterocycles. The van der Waals surface area contributed by atoms with Crippen LogP contribution in [-0.4, -0.2) is 86.9 Å². The molecule has 1 atom stereocenters. The van der Waals surface area contributed by atoms with E-state index in [0.717, 1.165) is 0 Å². The summed E-state index contributed by atoms with van der Waals surface area (Å²) in [6.45, 7) is 4.88. The maximum atomic E-state index is 13.6. The van der Waals surface area contributed by atoms with Gasteiger partial charge in [-0.1, -0.05) is 13.2 Å². The molecule has 0 radical (unpaired) electrons. The molecule has 0 aliphatic heterocycles. The van der Waals surface area contributed by atoms with Gasteiger partial charge in [0.15, 0.2) is 0 Å². The molecule has 9 nitrogen and oxygen atoms in total. The Kier molecular flexibility index (Phi) is 14.8. The van der Waals surface area contributed by atoms with Crippen LogP contribution >= 0.6 is 0 Å². The normalized spacial score (nSPS) is 15.1. The maximum absolute atomic E-state index is 13.6. The second-order valence-electron chi connectivity index (χ2n) is 11.8. The second-order valence-corrected chi connectivity index (χ2v) is 11.8. The molecule has 33 heteroatoms. The zero-order valence-electron chi connectivity index (χ0n) is 28.9. The van der Waals surface area contributed by atoms with Crippen molar-refractivity contribution in [2.75, 3.05) is 0 Å². The Balaban J connectivity index is 0.000000656. The molecule has 0 aromatic heterocycles. The predicted molar refractivity (Wildman–Crippen MR) is 150 cm³/mol. The molecule has 0 amide bonds. The highest BCUT2D eigenvalue weighted by Crippen LogP contribution is 2.55. The minimum Gasteiger partial charge on any atom is -0.508 e. The van der Waals surface area contributed by atoms with Gasteiger partial charge in [0.2, 0.25) is 0 Å². The zero-order valence-corrected chi connectivity index (χ0v) is 28.9. The lowest BCUT2D eigenvalue weighted by molar-refractivity contribution is -0.378. The van der Waals surface area contributed by atoms with E-state index in [-0.39, 0.29) is 12.1 Å². The van der Waals surface area contributed by atoms with Crippen LogP contribution in [0, 0.1) is 0 Å². The summed E-state index contributed by atoms with van der Waals surface area (Å²) >= 11 is 0. The van der Waals surface area contributed by atoms with Crippen molar-refractivity contribution in [3.05, 3.63) is 83.5 Å². The molecule has 358 valence electrons. The van der Waals surface area contributed by atoms with Gasteiger partial charge in [0.1, 0.15) is 17.1 Å². The van der Waals surface area contributed by atoms with Crippen molar-refractivity contribution in [2.45, 2.75) is 72.0 Å². The van der Waals surface area contributed by atoms with Gasteiger partial charge in [0, 0.05) is 28.3 Å². The molecule has 63 heavy (non-hydrogen) atoms. The summed E-state index contributed by atoms with van der Waals surface area (Å²) in [4.78, 5) is 22.8. The summed E-state index contributed by atoms with van der Waals surface area (Å²) in [6.07, 6.45) is -52.0. The highest BCUT2D eigenvalue weighted by atomic mass is 19.4. The van der Waals surface area contributed by atoms with Crippen molar-refractivity contribution < 1.29 is 150 Å². The van der Waals surface area contributed by atoms with Crippen LogP contribution in [0.3, 0.4) is 0 Å². The number of carbonyl (C=O) groups excluding carboxylic acids is 2. The Labute approximate surface area is 329 Å². The van der Waals surface area contributed by atoms with E-state index < -0.39 is 154 Å². The van der Waals surface area contributed by atoms with Crippen LogP contribution in [0.5, 0.6) is 11.5 Å². The average molecular weight is 976 g/mol. The summed E-state index contributed by atoms with van der Waals surface area (Å²) in [6, 6.07) is -3.63. The first kappa shape index (κ1) is 55.8. The lowest BCUT2D eigenvalue weighted by atomic mass is 9.85. The average Bonchev–Trinajstić information content (AvgIpc) is 3.05. The minimum absolute atomic E-state index is 0.232. The lowest BCUT2D eigenvalue weighted by Crippen LogP contribution is -2.55. The fourth-order valence-electron chi connectivity index (χ4n) is 4.31. The van der Waals surface area contributed by atoms with Crippen molar-refractivity contribution in [1.82, 2.24) is 0 Å². The number of phenolic OH excluding ortho intramolecular Hbond substituents is 1.